The molecular formula is C29H32N6O4. The van der Waals surface area contributed by atoms with Gasteiger partial charge in [0, 0.05) is 49.2 Å². The van der Waals surface area contributed by atoms with E-state index in [0.29, 0.717) is 37.3 Å². The third-order valence-corrected chi connectivity index (χ3v) is 6.49. The fourth-order valence-electron chi connectivity index (χ4n) is 4.40. The van der Waals surface area contributed by atoms with Crippen molar-refractivity contribution >= 4 is 35.7 Å². The molecule has 1 atom stereocenters. The zero-order valence-electron chi connectivity index (χ0n) is 21.8. The van der Waals surface area contributed by atoms with Crippen molar-refractivity contribution in [1.29, 1.82) is 0 Å². The van der Waals surface area contributed by atoms with Crippen LogP contribution >= 0.6 is 0 Å². The molecule has 10 heteroatoms. The molecule has 4 N–H and O–H groups in total. The number of hydrogen-bond acceptors (Lipinski definition) is 6. The van der Waals surface area contributed by atoms with Crippen molar-refractivity contribution in [3.05, 3.63) is 89.1 Å². The normalized spacial score (nSPS) is 17.2. The lowest BCUT2D eigenvalue weighted by molar-refractivity contribution is -0.136. The zero-order valence-corrected chi connectivity index (χ0v) is 21.8. The molecule has 202 valence electrons. The standard InChI is InChI=1S/C29H32N6O4/c1-3-13-30-14-12-19(2)31-16-20-4-7-23(8-5-20)33-29(39)32-17-21-6-9-24-22(15-21)18-35(28(24)38)25-10-11-26(36)34-27(25)37/h3-9,12,14-15,25,31H,1,10-11,13,16-18H2,2H3,(H2,32,33,39)(H,34,36,37)/b19-12+,30-14-. The molecule has 0 aromatic heterocycles. The molecule has 0 saturated carbocycles. The molecule has 1 unspecified atom stereocenters. The Morgan fingerprint density at radius 2 is 1.85 bits per heavy atom. The number of urea groups is 1. The van der Waals surface area contributed by atoms with Crippen molar-refractivity contribution in [2.75, 3.05) is 11.9 Å². The van der Waals surface area contributed by atoms with Crippen molar-refractivity contribution < 1.29 is 19.2 Å². The van der Waals surface area contributed by atoms with Gasteiger partial charge in [-0.05, 0) is 54.3 Å². The lowest BCUT2D eigenvalue weighted by Crippen LogP contribution is -2.52. The number of fused-ring (bicyclic) bond motifs is 1. The minimum atomic E-state index is -0.653. The number of carbonyl (C=O) groups excluding carboxylic acids is 4. The van der Waals surface area contributed by atoms with Gasteiger partial charge >= 0.3 is 6.03 Å². The van der Waals surface area contributed by atoms with Gasteiger partial charge < -0.3 is 20.9 Å². The Hall–Kier alpha value is -4.73. The number of aliphatic imine (C=N–C) groups is 1. The number of piperidine rings is 1. The molecule has 39 heavy (non-hydrogen) atoms. The van der Waals surface area contributed by atoms with E-state index < -0.39 is 11.9 Å². The summed E-state index contributed by atoms with van der Waals surface area (Å²) in [6.45, 7) is 7.39. The van der Waals surface area contributed by atoms with Crippen molar-refractivity contribution in [2.45, 2.75) is 45.4 Å². The highest BCUT2D eigenvalue weighted by molar-refractivity contribution is 6.05. The maximum atomic E-state index is 12.8. The maximum Gasteiger partial charge on any atom is 0.319 e. The van der Waals surface area contributed by atoms with E-state index in [1.165, 1.54) is 4.90 Å². The van der Waals surface area contributed by atoms with Gasteiger partial charge in [-0.25, -0.2) is 4.79 Å². The Morgan fingerprint density at radius 3 is 2.59 bits per heavy atom. The topological polar surface area (TPSA) is 132 Å². The monoisotopic (exact) mass is 528 g/mol. The highest BCUT2D eigenvalue weighted by Crippen LogP contribution is 2.28. The second-order valence-electron chi connectivity index (χ2n) is 9.40. The quantitative estimate of drug-likeness (QED) is 0.214. The lowest BCUT2D eigenvalue weighted by atomic mass is 10.0. The number of rotatable bonds is 10. The van der Waals surface area contributed by atoms with Gasteiger partial charge in [0.2, 0.25) is 11.8 Å². The summed E-state index contributed by atoms with van der Waals surface area (Å²) < 4.78 is 0. The van der Waals surface area contributed by atoms with E-state index in [1.807, 2.05) is 43.3 Å². The summed E-state index contributed by atoms with van der Waals surface area (Å²) in [5, 5.41) is 11.3. The van der Waals surface area contributed by atoms with Crippen LogP contribution in [0.15, 0.2) is 71.9 Å². The van der Waals surface area contributed by atoms with Gasteiger partial charge in [-0.15, -0.1) is 6.58 Å². The Labute approximate surface area is 227 Å². The van der Waals surface area contributed by atoms with E-state index >= 15 is 0 Å². The van der Waals surface area contributed by atoms with Crippen LogP contribution in [0.1, 0.15) is 46.8 Å². The van der Waals surface area contributed by atoms with Crippen LogP contribution in [0.5, 0.6) is 0 Å². The summed E-state index contributed by atoms with van der Waals surface area (Å²) >= 11 is 0. The van der Waals surface area contributed by atoms with Crippen molar-refractivity contribution in [3.8, 4) is 0 Å². The van der Waals surface area contributed by atoms with Crippen LogP contribution in [-0.2, 0) is 29.2 Å². The van der Waals surface area contributed by atoms with E-state index in [2.05, 4.69) is 32.8 Å². The SMILES string of the molecule is C=CC/N=C\C=C(/C)NCc1ccc(NC(=O)NCc2ccc3c(c2)CN(C2CCC(=O)NC2=O)C3=O)cc1. The van der Waals surface area contributed by atoms with Gasteiger partial charge in [-0.2, -0.15) is 0 Å². The fourth-order valence-corrected chi connectivity index (χ4v) is 4.40. The van der Waals surface area contributed by atoms with Gasteiger partial charge in [0.25, 0.3) is 5.91 Å². The van der Waals surface area contributed by atoms with Crippen molar-refractivity contribution in [2.24, 2.45) is 4.99 Å². The maximum absolute atomic E-state index is 12.8. The van der Waals surface area contributed by atoms with E-state index in [9.17, 15) is 19.2 Å². The van der Waals surface area contributed by atoms with Crippen LogP contribution < -0.4 is 21.3 Å². The number of nitrogens with one attached hydrogen (secondary N) is 4. The van der Waals surface area contributed by atoms with Gasteiger partial charge in [0.1, 0.15) is 6.04 Å². The van der Waals surface area contributed by atoms with Crippen LogP contribution in [0, 0.1) is 0 Å². The third kappa shape index (κ3) is 7.19. The molecule has 2 aliphatic rings. The van der Waals surface area contributed by atoms with Gasteiger partial charge in [0.05, 0.1) is 6.54 Å². The first-order valence-electron chi connectivity index (χ1n) is 12.8. The summed E-state index contributed by atoms with van der Waals surface area (Å²) in [6.07, 6.45) is 5.91. The zero-order chi connectivity index (χ0) is 27.8. The average molecular weight is 529 g/mol. The molecule has 2 aromatic carbocycles. The highest BCUT2D eigenvalue weighted by atomic mass is 16.2. The number of benzene rings is 2. The molecule has 5 amide bonds. The number of amides is 5. The fraction of sp³-hybridized carbons (Fsp3) is 0.276. The Bertz CT molecular complexity index is 1330. The molecule has 0 spiro atoms. The van der Waals surface area contributed by atoms with E-state index in [0.717, 1.165) is 22.4 Å². The van der Waals surface area contributed by atoms with Crippen LogP contribution in [0.25, 0.3) is 0 Å². The highest BCUT2D eigenvalue weighted by Gasteiger charge is 2.39. The molecule has 1 fully saturated rings. The Balaban J connectivity index is 1.25. The van der Waals surface area contributed by atoms with Gasteiger partial charge in [-0.1, -0.05) is 30.3 Å². The summed E-state index contributed by atoms with van der Waals surface area (Å²) in [5.74, 6) is -0.976. The number of carbonyl (C=O) groups is 4. The van der Waals surface area contributed by atoms with Crippen LogP contribution in [0.2, 0.25) is 0 Å². The molecule has 10 nitrogen and oxygen atoms in total. The summed E-state index contributed by atoms with van der Waals surface area (Å²) in [7, 11) is 0. The first-order chi connectivity index (χ1) is 18.8. The number of hydrogen-bond donors (Lipinski definition) is 4. The molecule has 0 bridgehead atoms. The molecule has 2 aromatic rings. The molecular weight excluding hydrogens is 496 g/mol. The Morgan fingerprint density at radius 1 is 1.10 bits per heavy atom. The summed E-state index contributed by atoms with van der Waals surface area (Å²) in [5.41, 5.74) is 4.89. The largest absolute Gasteiger partial charge is 0.384 e. The van der Waals surface area contributed by atoms with Gasteiger partial charge in [-0.3, -0.25) is 24.7 Å². The van der Waals surface area contributed by atoms with Gasteiger partial charge in [0.15, 0.2) is 0 Å². The minimum Gasteiger partial charge on any atom is -0.384 e. The minimum absolute atomic E-state index is 0.212. The van der Waals surface area contributed by atoms with E-state index in [1.54, 1.807) is 24.4 Å². The number of nitrogens with zero attached hydrogens (tertiary/aromatic N) is 2. The smallest absolute Gasteiger partial charge is 0.319 e. The molecule has 4 rings (SSSR count). The van der Waals surface area contributed by atoms with Crippen molar-refractivity contribution in [3.63, 3.8) is 0 Å². The number of imide groups is 1. The number of allylic oxidation sites excluding steroid dienone is 2. The van der Waals surface area contributed by atoms with E-state index in [-0.39, 0.29) is 30.8 Å². The number of anilines is 1. The molecule has 2 heterocycles. The summed E-state index contributed by atoms with van der Waals surface area (Å²) in [4.78, 5) is 54.6. The molecule has 2 aliphatic heterocycles. The Kier molecular flexibility index (Phi) is 8.88. The first-order valence-corrected chi connectivity index (χ1v) is 12.8. The predicted octanol–water partition coefficient (Wildman–Crippen LogP) is 3.02. The van der Waals surface area contributed by atoms with Crippen LogP contribution in [0.4, 0.5) is 10.5 Å². The van der Waals surface area contributed by atoms with Crippen LogP contribution in [-0.4, -0.2) is 47.5 Å². The van der Waals surface area contributed by atoms with E-state index in [4.69, 9.17) is 0 Å². The second-order valence-corrected chi connectivity index (χ2v) is 9.40. The first kappa shape index (κ1) is 27.3. The molecule has 1 saturated heterocycles. The third-order valence-electron chi connectivity index (χ3n) is 6.49. The lowest BCUT2D eigenvalue weighted by Gasteiger charge is -2.29. The van der Waals surface area contributed by atoms with Crippen LogP contribution in [0.3, 0.4) is 0 Å². The predicted molar refractivity (Wildman–Crippen MR) is 149 cm³/mol. The second kappa shape index (κ2) is 12.7. The molecule has 0 radical (unpaired) electrons. The summed E-state index contributed by atoms with van der Waals surface area (Å²) in [6, 6.07) is 11.9. The van der Waals surface area contributed by atoms with Crippen molar-refractivity contribution in [1.82, 2.24) is 20.9 Å². The average Bonchev–Trinajstić information content (AvgIpc) is 3.24. The molecule has 0 aliphatic carbocycles.